The second kappa shape index (κ2) is 8.87. The van der Waals surface area contributed by atoms with E-state index in [1.54, 1.807) is 24.8 Å². The van der Waals surface area contributed by atoms with Gasteiger partial charge in [-0.2, -0.15) is 0 Å². The molecule has 6 rings (SSSR count). The third-order valence-electron chi connectivity index (χ3n) is 9.32. The Balaban J connectivity index is 1.40. The largest absolute Gasteiger partial charge is 0.265 e. The minimum atomic E-state index is 0.0411. The van der Waals surface area contributed by atoms with Crippen molar-refractivity contribution in [2.45, 2.75) is 52.4 Å². The minimum absolute atomic E-state index is 0.0411. The molecular formula is C33H32N6. The first-order valence-electron chi connectivity index (χ1n) is 13.3. The zero-order valence-electron chi connectivity index (χ0n) is 23.3. The molecule has 0 radical (unpaired) electrons. The molecule has 0 aliphatic heterocycles. The SMILES string of the molecule is CC1(C)c2ccc(-c3ccc(-c4nc(-c5ccncc5)nc(-c5ccncc5)n4)cn3)cc2C(C)(C)C1(C)C. The van der Waals surface area contributed by atoms with Crippen molar-refractivity contribution in [3.05, 3.63) is 96.7 Å². The first-order valence-corrected chi connectivity index (χ1v) is 13.3. The summed E-state index contributed by atoms with van der Waals surface area (Å²) < 4.78 is 0. The Labute approximate surface area is 229 Å². The number of rotatable bonds is 4. The molecule has 6 nitrogen and oxygen atoms in total. The van der Waals surface area contributed by atoms with E-state index in [-0.39, 0.29) is 16.2 Å². The van der Waals surface area contributed by atoms with Gasteiger partial charge in [-0.15, -0.1) is 0 Å². The molecule has 1 aliphatic carbocycles. The van der Waals surface area contributed by atoms with E-state index in [1.165, 1.54) is 11.1 Å². The third-order valence-corrected chi connectivity index (χ3v) is 9.32. The average molecular weight is 513 g/mol. The van der Waals surface area contributed by atoms with Gasteiger partial charge >= 0.3 is 0 Å². The van der Waals surface area contributed by atoms with Crippen molar-refractivity contribution in [1.82, 2.24) is 29.9 Å². The fourth-order valence-corrected chi connectivity index (χ4v) is 5.68. The molecule has 5 aromatic rings. The van der Waals surface area contributed by atoms with Gasteiger partial charge in [0.15, 0.2) is 17.5 Å². The van der Waals surface area contributed by atoms with Gasteiger partial charge < -0.3 is 0 Å². The van der Waals surface area contributed by atoms with Gasteiger partial charge in [0, 0.05) is 53.2 Å². The highest BCUT2D eigenvalue weighted by Gasteiger charge is 2.56. The van der Waals surface area contributed by atoms with E-state index in [4.69, 9.17) is 19.9 Å². The molecule has 0 saturated carbocycles. The van der Waals surface area contributed by atoms with Crippen molar-refractivity contribution in [2.75, 3.05) is 0 Å². The lowest BCUT2D eigenvalue weighted by Gasteiger charge is -2.44. The van der Waals surface area contributed by atoms with Gasteiger partial charge in [-0.05, 0) is 69.8 Å². The molecule has 4 heterocycles. The molecule has 0 fully saturated rings. The molecule has 1 aliphatic rings. The quantitative estimate of drug-likeness (QED) is 0.251. The van der Waals surface area contributed by atoms with Gasteiger partial charge in [0.25, 0.3) is 0 Å². The Morgan fingerprint density at radius 3 is 1.49 bits per heavy atom. The molecular weight excluding hydrogens is 480 g/mol. The molecule has 39 heavy (non-hydrogen) atoms. The first-order chi connectivity index (χ1) is 18.6. The second-order valence-corrected chi connectivity index (χ2v) is 11.8. The highest BCUT2D eigenvalue weighted by Crippen LogP contribution is 2.61. The van der Waals surface area contributed by atoms with Gasteiger partial charge in [-0.25, -0.2) is 15.0 Å². The van der Waals surface area contributed by atoms with Gasteiger partial charge in [0.05, 0.1) is 5.69 Å². The molecule has 0 atom stereocenters. The molecule has 1 aromatic carbocycles. The summed E-state index contributed by atoms with van der Waals surface area (Å²) in [6.07, 6.45) is 8.80. The molecule has 0 unspecified atom stereocenters. The van der Waals surface area contributed by atoms with Gasteiger partial charge in [0.1, 0.15) is 0 Å². The van der Waals surface area contributed by atoms with Crippen LogP contribution in [0.3, 0.4) is 0 Å². The number of aromatic nitrogens is 6. The number of hydrogen-bond acceptors (Lipinski definition) is 6. The van der Waals surface area contributed by atoms with Crippen LogP contribution in [0.1, 0.15) is 52.7 Å². The molecule has 0 spiro atoms. The smallest absolute Gasteiger partial charge is 0.165 e. The van der Waals surface area contributed by atoms with Crippen molar-refractivity contribution in [2.24, 2.45) is 5.41 Å². The van der Waals surface area contributed by atoms with E-state index in [0.29, 0.717) is 17.5 Å². The average Bonchev–Trinajstić information content (AvgIpc) is 3.07. The fourth-order valence-electron chi connectivity index (χ4n) is 5.68. The Bertz CT molecular complexity index is 1600. The van der Waals surface area contributed by atoms with Gasteiger partial charge in [0.2, 0.25) is 0 Å². The van der Waals surface area contributed by atoms with Crippen LogP contribution >= 0.6 is 0 Å². The lowest BCUT2D eigenvalue weighted by molar-refractivity contribution is 0.125. The Morgan fingerprint density at radius 2 is 0.974 bits per heavy atom. The van der Waals surface area contributed by atoms with Crippen molar-refractivity contribution < 1.29 is 0 Å². The molecule has 0 N–H and O–H groups in total. The van der Waals surface area contributed by atoms with E-state index in [0.717, 1.165) is 27.9 Å². The van der Waals surface area contributed by atoms with Crippen LogP contribution in [0.2, 0.25) is 0 Å². The highest BCUT2D eigenvalue weighted by atomic mass is 15.0. The van der Waals surface area contributed by atoms with Crippen LogP contribution in [0, 0.1) is 5.41 Å². The van der Waals surface area contributed by atoms with Crippen LogP contribution in [-0.4, -0.2) is 29.9 Å². The second-order valence-electron chi connectivity index (χ2n) is 11.8. The van der Waals surface area contributed by atoms with E-state index in [2.05, 4.69) is 75.8 Å². The van der Waals surface area contributed by atoms with Crippen LogP contribution in [0.4, 0.5) is 0 Å². The van der Waals surface area contributed by atoms with Gasteiger partial charge in [-0.3, -0.25) is 15.0 Å². The molecule has 0 saturated heterocycles. The summed E-state index contributed by atoms with van der Waals surface area (Å²) in [5.74, 6) is 1.75. The monoisotopic (exact) mass is 512 g/mol. The summed E-state index contributed by atoms with van der Waals surface area (Å²) in [7, 11) is 0. The lowest BCUT2D eigenvalue weighted by Crippen LogP contribution is -2.42. The van der Waals surface area contributed by atoms with Crippen molar-refractivity contribution in [1.29, 1.82) is 0 Å². The number of fused-ring (bicyclic) bond motifs is 1. The highest BCUT2D eigenvalue weighted by molar-refractivity contribution is 5.69. The molecule has 0 amide bonds. The van der Waals surface area contributed by atoms with Crippen molar-refractivity contribution >= 4 is 0 Å². The molecule has 4 aromatic heterocycles. The summed E-state index contributed by atoms with van der Waals surface area (Å²) in [4.78, 5) is 27.4. The molecule has 194 valence electrons. The number of pyridine rings is 3. The summed E-state index contributed by atoms with van der Waals surface area (Å²) in [5, 5.41) is 0. The fraction of sp³-hybridized carbons (Fsp3) is 0.273. The summed E-state index contributed by atoms with van der Waals surface area (Å²) >= 11 is 0. The summed E-state index contributed by atoms with van der Waals surface area (Å²) in [6, 6.07) is 18.5. The van der Waals surface area contributed by atoms with E-state index >= 15 is 0 Å². The standard InChI is InChI=1S/C33H32N6/c1-31(2)25-9-7-23(19-26(25)32(3,4)33(31,5)6)27-10-8-24(20-36-27)30-38-28(21-11-15-34-16-12-21)37-29(39-30)22-13-17-35-18-14-22/h7-20H,1-6H3. The predicted molar refractivity (Wildman–Crippen MR) is 155 cm³/mol. The van der Waals surface area contributed by atoms with Crippen LogP contribution in [0.25, 0.3) is 45.4 Å². The zero-order chi connectivity index (χ0) is 27.4. The Kier molecular flexibility index (Phi) is 5.68. The maximum atomic E-state index is 4.86. The molecule has 0 bridgehead atoms. The molecule has 6 heteroatoms. The van der Waals surface area contributed by atoms with E-state index in [9.17, 15) is 0 Å². The minimum Gasteiger partial charge on any atom is -0.265 e. The van der Waals surface area contributed by atoms with Crippen molar-refractivity contribution in [3.8, 4) is 45.4 Å². The van der Waals surface area contributed by atoms with Crippen LogP contribution < -0.4 is 0 Å². The number of hydrogen-bond donors (Lipinski definition) is 0. The van der Waals surface area contributed by atoms with E-state index < -0.39 is 0 Å². The normalized spacial score (nSPS) is 16.6. The van der Waals surface area contributed by atoms with Crippen LogP contribution in [-0.2, 0) is 10.8 Å². The maximum Gasteiger partial charge on any atom is 0.165 e. The summed E-state index contributed by atoms with van der Waals surface area (Å²) in [6.45, 7) is 14.2. The zero-order valence-corrected chi connectivity index (χ0v) is 23.3. The van der Waals surface area contributed by atoms with Crippen molar-refractivity contribution in [3.63, 3.8) is 0 Å². The van der Waals surface area contributed by atoms with Gasteiger partial charge in [-0.1, -0.05) is 53.7 Å². The summed E-state index contributed by atoms with van der Waals surface area (Å²) in [5.41, 5.74) is 7.70. The maximum absolute atomic E-state index is 4.86. The number of nitrogens with zero attached hydrogens (tertiary/aromatic N) is 6. The first kappa shape index (κ1) is 25.0. The van der Waals surface area contributed by atoms with E-state index in [1.807, 2.05) is 36.5 Å². The predicted octanol–water partition coefficient (Wildman–Crippen LogP) is 7.32. The number of benzene rings is 1. The topological polar surface area (TPSA) is 77.3 Å². The Hall–Kier alpha value is -4.32. The van der Waals surface area contributed by atoms with Crippen LogP contribution in [0.5, 0.6) is 0 Å². The van der Waals surface area contributed by atoms with Crippen LogP contribution in [0.15, 0.2) is 85.6 Å². The third kappa shape index (κ3) is 3.94. The Morgan fingerprint density at radius 1 is 0.487 bits per heavy atom. The lowest BCUT2D eigenvalue weighted by atomic mass is 9.59.